The number of amides is 1. The first-order chi connectivity index (χ1) is 7.88. The molecule has 3 nitrogen and oxygen atoms in total. The van der Waals surface area contributed by atoms with E-state index in [0.29, 0.717) is 12.0 Å². The highest BCUT2D eigenvalue weighted by atomic mass is 16.2. The predicted molar refractivity (Wildman–Crippen MR) is 74.0 cm³/mol. The molecule has 0 aliphatic rings. The quantitative estimate of drug-likeness (QED) is 0.661. The highest BCUT2D eigenvalue weighted by Crippen LogP contribution is 2.09. The fourth-order valence-electron chi connectivity index (χ4n) is 1.82. The van der Waals surface area contributed by atoms with Crippen LogP contribution in [0.25, 0.3) is 0 Å². The van der Waals surface area contributed by atoms with Crippen molar-refractivity contribution < 1.29 is 4.79 Å². The van der Waals surface area contributed by atoms with Gasteiger partial charge in [0.25, 0.3) is 0 Å². The topological polar surface area (TPSA) is 32.3 Å². The Morgan fingerprint density at radius 3 is 2.35 bits per heavy atom. The first-order valence-corrected chi connectivity index (χ1v) is 6.46. The second-order valence-corrected chi connectivity index (χ2v) is 5.35. The van der Waals surface area contributed by atoms with Crippen LogP contribution in [0.5, 0.6) is 0 Å². The summed E-state index contributed by atoms with van der Waals surface area (Å²) in [6.45, 7) is 10.1. The third-order valence-corrected chi connectivity index (χ3v) is 2.74. The third kappa shape index (κ3) is 7.16. The van der Waals surface area contributed by atoms with E-state index in [-0.39, 0.29) is 11.9 Å². The number of allylic oxidation sites excluding steroid dienone is 1. The zero-order valence-corrected chi connectivity index (χ0v) is 12.0. The molecule has 0 spiro atoms. The lowest BCUT2D eigenvalue weighted by molar-refractivity contribution is -0.131. The van der Waals surface area contributed by atoms with Gasteiger partial charge in [-0.15, -0.1) is 6.58 Å². The molecule has 0 saturated carbocycles. The van der Waals surface area contributed by atoms with Crippen LogP contribution >= 0.6 is 0 Å². The molecule has 0 aromatic rings. The number of likely N-dealkylation sites (N-methyl/N-ethyl adjacent to an activating group) is 1. The van der Waals surface area contributed by atoms with Gasteiger partial charge in [0.05, 0.1) is 6.04 Å². The first kappa shape index (κ1) is 16.2. The lowest BCUT2D eigenvalue weighted by Crippen LogP contribution is -2.47. The molecule has 0 rings (SSSR count). The molecule has 17 heavy (non-hydrogen) atoms. The fraction of sp³-hybridized carbons (Fsp3) is 0.786. The molecular weight excluding hydrogens is 212 g/mol. The van der Waals surface area contributed by atoms with E-state index in [1.807, 2.05) is 20.2 Å². The van der Waals surface area contributed by atoms with Gasteiger partial charge < -0.3 is 10.2 Å². The van der Waals surface area contributed by atoms with Crippen molar-refractivity contribution in [2.45, 2.75) is 52.1 Å². The van der Waals surface area contributed by atoms with Crippen LogP contribution in [0.15, 0.2) is 12.7 Å². The molecule has 0 bridgehead atoms. The SMILES string of the molecule is C=CCCC(C)NC(CC(C)C)C(=O)N(C)C. The maximum Gasteiger partial charge on any atom is 0.239 e. The van der Waals surface area contributed by atoms with E-state index in [1.54, 1.807) is 4.90 Å². The van der Waals surface area contributed by atoms with Gasteiger partial charge in [0.15, 0.2) is 0 Å². The van der Waals surface area contributed by atoms with Gasteiger partial charge in [-0.25, -0.2) is 0 Å². The van der Waals surface area contributed by atoms with E-state index >= 15 is 0 Å². The lowest BCUT2D eigenvalue weighted by Gasteiger charge is -2.26. The Labute approximate surface area is 106 Å². The molecular formula is C14H28N2O. The number of hydrogen-bond acceptors (Lipinski definition) is 2. The molecule has 0 aliphatic heterocycles. The van der Waals surface area contributed by atoms with Gasteiger partial charge in [0, 0.05) is 20.1 Å². The van der Waals surface area contributed by atoms with E-state index in [2.05, 4.69) is 32.7 Å². The molecule has 100 valence electrons. The van der Waals surface area contributed by atoms with E-state index < -0.39 is 0 Å². The van der Waals surface area contributed by atoms with E-state index in [1.165, 1.54) is 0 Å². The minimum absolute atomic E-state index is 0.0650. The standard InChI is InChI=1S/C14H28N2O/c1-7-8-9-12(4)15-13(10-11(2)3)14(17)16(5)6/h7,11-13,15H,1,8-10H2,2-6H3. The highest BCUT2D eigenvalue weighted by Gasteiger charge is 2.22. The Bertz CT molecular complexity index is 236. The molecule has 2 atom stereocenters. The van der Waals surface area contributed by atoms with Crippen molar-refractivity contribution in [3.05, 3.63) is 12.7 Å². The zero-order chi connectivity index (χ0) is 13.4. The summed E-state index contributed by atoms with van der Waals surface area (Å²) in [6, 6.07) is 0.283. The first-order valence-electron chi connectivity index (χ1n) is 6.46. The van der Waals surface area contributed by atoms with Crippen LogP contribution in [0.4, 0.5) is 0 Å². The highest BCUT2D eigenvalue weighted by molar-refractivity contribution is 5.81. The molecule has 1 amide bonds. The number of rotatable bonds is 8. The maximum atomic E-state index is 12.0. The van der Waals surface area contributed by atoms with Gasteiger partial charge in [-0.2, -0.15) is 0 Å². The minimum atomic E-state index is -0.0650. The van der Waals surface area contributed by atoms with Gasteiger partial charge in [-0.3, -0.25) is 4.79 Å². The molecule has 3 heteroatoms. The lowest BCUT2D eigenvalue weighted by atomic mass is 10.0. The smallest absolute Gasteiger partial charge is 0.239 e. The Hall–Kier alpha value is -0.830. The molecule has 0 aromatic heterocycles. The Morgan fingerprint density at radius 1 is 1.35 bits per heavy atom. The van der Waals surface area contributed by atoms with Crippen LogP contribution in [0.1, 0.15) is 40.0 Å². The van der Waals surface area contributed by atoms with Gasteiger partial charge in [-0.05, 0) is 32.1 Å². The minimum Gasteiger partial charge on any atom is -0.347 e. The molecule has 0 aliphatic carbocycles. The Kier molecular flexibility index (Phi) is 7.88. The van der Waals surface area contributed by atoms with E-state index in [4.69, 9.17) is 0 Å². The molecule has 1 N–H and O–H groups in total. The van der Waals surface area contributed by atoms with Crippen molar-refractivity contribution >= 4 is 5.91 Å². The van der Waals surface area contributed by atoms with Crippen molar-refractivity contribution in [2.75, 3.05) is 14.1 Å². The van der Waals surface area contributed by atoms with Crippen molar-refractivity contribution in [1.29, 1.82) is 0 Å². The van der Waals surface area contributed by atoms with Crippen molar-refractivity contribution in [3.63, 3.8) is 0 Å². The summed E-state index contributed by atoms with van der Waals surface area (Å²) in [5.74, 6) is 0.687. The van der Waals surface area contributed by atoms with Crippen molar-refractivity contribution in [1.82, 2.24) is 10.2 Å². The summed E-state index contributed by atoms with van der Waals surface area (Å²) < 4.78 is 0. The van der Waals surface area contributed by atoms with Gasteiger partial charge >= 0.3 is 0 Å². The molecule has 0 heterocycles. The summed E-state index contributed by atoms with van der Waals surface area (Å²) in [5.41, 5.74) is 0. The number of carbonyl (C=O) groups excluding carboxylic acids is 1. The summed E-state index contributed by atoms with van der Waals surface area (Å²) >= 11 is 0. The third-order valence-electron chi connectivity index (χ3n) is 2.74. The van der Waals surface area contributed by atoms with Crippen molar-refractivity contribution in [2.24, 2.45) is 5.92 Å². The number of hydrogen-bond donors (Lipinski definition) is 1. The van der Waals surface area contributed by atoms with E-state index in [9.17, 15) is 4.79 Å². The molecule has 2 unspecified atom stereocenters. The number of nitrogens with one attached hydrogen (secondary N) is 1. The fourth-order valence-corrected chi connectivity index (χ4v) is 1.82. The second-order valence-electron chi connectivity index (χ2n) is 5.35. The maximum absolute atomic E-state index is 12.0. The molecule has 0 fully saturated rings. The Balaban J connectivity index is 4.37. The summed E-state index contributed by atoms with van der Waals surface area (Å²) in [4.78, 5) is 13.7. The van der Waals surface area contributed by atoms with Crippen molar-refractivity contribution in [3.8, 4) is 0 Å². The molecule has 0 radical (unpaired) electrons. The monoisotopic (exact) mass is 240 g/mol. The van der Waals surface area contributed by atoms with Gasteiger partial charge in [-0.1, -0.05) is 19.9 Å². The van der Waals surface area contributed by atoms with Gasteiger partial charge in [0.2, 0.25) is 5.91 Å². The average Bonchev–Trinajstić information content (AvgIpc) is 2.23. The summed E-state index contributed by atoms with van der Waals surface area (Å²) in [7, 11) is 3.62. The molecule has 0 saturated heterocycles. The van der Waals surface area contributed by atoms with Crippen LogP contribution in [0.3, 0.4) is 0 Å². The van der Waals surface area contributed by atoms with E-state index in [0.717, 1.165) is 19.3 Å². The van der Waals surface area contributed by atoms with Crippen LogP contribution in [-0.2, 0) is 4.79 Å². The Morgan fingerprint density at radius 2 is 1.94 bits per heavy atom. The average molecular weight is 240 g/mol. The normalized spacial score (nSPS) is 14.5. The van der Waals surface area contributed by atoms with Crippen LogP contribution in [-0.4, -0.2) is 37.0 Å². The second kappa shape index (κ2) is 8.29. The predicted octanol–water partition coefficient (Wildman–Crippen LogP) is 2.43. The van der Waals surface area contributed by atoms with Crippen LogP contribution in [0.2, 0.25) is 0 Å². The largest absolute Gasteiger partial charge is 0.347 e. The van der Waals surface area contributed by atoms with Crippen LogP contribution in [0, 0.1) is 5.92 Å². The summed E-state index contributed by atoms with van der Waals surface area (Å²) in [6.07, 6.45) is 4.82. The number of nitrogens with zero attached hydrogens (tertiary/aromatic N) is 1. The number of carbonyl (C=O) groups is 1. The molecule has 0 aromatic carbocycles. The van der Waals surface area contributed by atoms with Crippen LogP contribution < -0.4 is 5.32 Å². The van der Waals surface area contributed by atoms with Gasteiger partial charge in [0.1, 0.15) is 0 Å². The summed E-state index contributed by atoms with van der Waals surface area (Å²) in [5, 5.41) is 3.43. The zero-order valence-electron chi connectivity index (χ0n) is 12.0.